The van der Waals surface area contributed by atoms with Crippen LogP contribution in [0.4, 0.5) is 5.69 Å². The molecule has 3 aromatic carbocycles. The number of nitrogens with one attached hydrogen (secondary N) is 1. The molecule has 5 heteroatoms. The molecule has 0 fully saturated rings. The molecule has 0 bridgehead atoms. The Hall–Kier alpha value is -3.60. The first-order valence-corrected chi connectivity index (χ1v) is 9.32. The Balaban J connectivity index is 1.94. The first-order valence-electron chi connectivity index (χ1n) is 9.32. The van der Waals surface area contributed by atoms with E-state index >= 15 is 0 Å². The first kappa shape index (κ1) is 18.7. The predicted octanol–water partition coefficient (Wildman–Crippen LogP) is 4.57. The Morgan fingerprint density at radius 3 is 2.45 bits per heavy atom. The Morgan fingerprint density at radius 1 is 0.966 bits per heavy atom. The van der Waals surface area contributed by atoms with Gasteiger partial charge in [-0.15, -0.1) is 0 Å². The van der Waals surface area contributed by atoms with E-state index < -0.39 is 17.7 Å². The molecule has 29 heavy (non-hydrogen) atoms. The molecule has 1 atom stereocenters. The Labute approximate surface area is 169 Å². The fourth-order valence-electron chi connectivity index (χ4n) is 3.63. The highest BCUT2D eigenvalue weighted by Gasteiger charge is 2.47. The number of aryl methyl sites for hydroxylation is 2. The number of hydrogen-bond donors (Lipinski definition) is 1. The van der Waals surface area contributed by atoms with Crippen molar-refractivity contribution in [3.05, 3.63) is 100 Å². The summed E-state index contributed by atoms with van der Waals surface area (Å²) in [4.78, 5) is 25.0. The quantitative estimate of drug-likeness (QED) is 0.664. The number of carbonyl (C=O) groups is 2. The van der Waals surface area contributed by atoms with E-state index in [2.05, 4.69) is 5.32 Å². The van der Waals surface area contributed by atoms with Gasteiger partial charge in [-0.1, -0.05) is 42.5 Å². The molecular formula is C24H21NO4. The van der Waals surface area contributed by atoms with Gasteiger partial charge in [0, 0.05) is 11.1 Å². The highest BCUT2D eigenvalue weighted by Crippen LogP contribution is 2.43. The summed E-state index contributed by atoms with van der Waals surface area (Å²) in [5, 5.41) is 3.34. The molecule has 0 amide bonds. The lowest BCUT2D eigenvalue weighted by Gasteiger charge is -2.32. The molecule has 4 rings (SSSR count). The predicted molar refractivity (Wildman–Crippen MR) is 110 cm³/mol. The second-order valence-electron chi connectivity index (χ2n) is 7.08. The Morgan fingerprint density at radius 2 is 1.69 bits per heavy atom. The van der Waals surface area contributed by atoms with Crippen LogP contribution in [0.2, 0.25) is 0 Å². The van der Waals surface area contributed by atoms with Gasteiger partial charge in [0.05, 0.1) is 23.9 Å². The van der Waals surface area contributed by atoms with Gasteiger partial charge in [0.1, 0.15) is 0 Å². The zero-order chi connectivity index (χ0) is 20.6. The lowest BCUT2D eigenvalue weighted by Crippen LogP contribution is -2.37. The average Bonchev–Trinajstić information content (AvgIpc) is 3.03. The summed E-state index contributed by atoms with van der Waals surface area (Å²) in [6.07, 6.45) is 0. The van der Waals surface area contributed by atoms with Gasteiger partial charge in [-0.25, -0.2) is 9.59 Å². The van der Waals surface area contributed by atoms with E-state index in [0.717, 1.165) is 16.7 Å². The van der Waals surface area contributed by atoms with Gasteiger partial charge >= 0.3 is 11.9 Å². The summed E-state index contributed by atoms with van der Waals surface area (Å²) in [7, 11) is 1.34. The van der Waals surface area contributed by atoms with E-state index in [1.165, 1.54) is 7.11 Å². The largest absolute Gasteiger partial charge is 0.465 e. The van der Waals surface area contributed by atoms with E-state index in [1.54, 1.807) is 30.3 Å². The fourth-order valence-corrected chi connectivity index (χ4v) is 3.63. The minimum atomic E-state index is -1.25. The van der Waals surface area contributed by atoms with Crippen molar-refractivity contribution in [1.29, 1.82) is 0 Å². The lowest BCUT2D eigenvalue weighted by molar-refractivity contribution is 0.0212. The van der Waals surface area contributed by atoms with Crippen molar-refractivity contribution in [2.24, 2.45) is 0 Å². The van der Waals surface area contributed by atoms with Crippen molar-refractivity contribution in [3.8, 4) is 0 Å². The van der Waals surface area contributed by atoms with Crippen LogP contribution in [0.1, 0.15) is 43.0 Å². The summed E-state index contributed by atoms with van der Waals surface area (Å²) in [5.74, 6) is -0.886. The van der Waals surface area contributed by atoms with E-state index in [0.29, 0.717) is 22.4 Å². The number of carbonyl (C=O) groups excluding carboxylic acids is 2. The average molecular weight is 387 g/mol. The SMILES string of the molecule is COC(=O)c1ccccc1NC1(c2ccc(C)c(C)c2)OC(=O)c2ccccc21. The van der Waals surface area contributed by atoms with Gasteiger partial charge in [0.15, 0.2) is 0 Å². The van der Waals surface area contributed by atoms with Crippen molar-refractivity contribution in [3.63, 3.8) is 0 Å². The highest BCUT2D eigenvalue weighted by atomic mass is 16.6. The monoisotopic (exact) mass is 387 g/mol. The minimum absolute atomic E-state index is 0.360. The van der Waals surface area contributed by atoms with Crippen molar-refractivity contribution in [2.45, 2.75) is 19.6 Å². The molecule has 0 saturated heterocycles. The van der Waals surface area contributed by atoms with Crippen LogP contribution < -0.4 is 5.32 Å². The number of benzene rings is 3. The molecule has 0 radical (unpaired) electrons. The lowest BCUT2D eigenvalue weighted by atomic mass is 9.90. The third-order valence-corrected chi connectivity index (χ3v) is 5.33. The summed E-state index contributed by atoms with van der Waals surface area (Å²) in [6, 6.07) is 20.2. The van der Waals surface area contributed by atoms with Gasteiger partial charge in [0.25, 0.3) is 0 Å². The van der Waals surface area contributed by atoms with E-state index in [-0.39, 0.29) is 0 Å². The number of methoxy groups -OCH3 is 1. The molecular weight excluding hydrogens is 366 g/mol. The van der Waals surface area contributed by atoms with Gasteiger partial charge in [0.2, 0.25) is 5.72 Å². The second kappa shape index (κ2) is 7.09. The molecule has 0 aliphatic carbocycles. The maximum atomic E-state index is 12.7. The Bertz CT molecular complexity index is 1120. The van der Waals surface area contributed by atoms with Crippen LogP contribution in [-0.4, -0.2) is 19.0 Å². The van der Waals surface area contributed by atoms with E-state index in [4.69, 9.17) is 9.47 Å². The summed E-state index contributed by atoms with van der Waals surface area (Å²) in [5.41, 5.74) is 3.80. The van der Waals surface area contributed by atoms with Gasteiger partial charge in [-0.2, -0.15) is 0 Å². The number of cyclic esters (lactones) is 1. The van der Waals surface area contributed by atoms with Crippen LogP contribution in [0.3, 0.4) is 0 Å². The molecule has 0 saturated carbocycles. The van der Waals surface area contributed by atoms with Gasteiger partial charge in [-0.05, 0) is 49.2 Å². The third-order valence-electron chi connectivity index (χ3n) is 5.33. The smallest absolute Gasteiger partial charge is 0.341 e. The molecule has 146 valence electrons. The minimum Gasteiger partial charge on any atom is -0.465 e. The zero-order valence-corrected chi connectivity index (χ0v) is 16.5. The second-order valence-corrected chi connectivity index (χ2v) is 7.08. The van der Waals surface area contributed by atoms with Crippen LogP contribution in [-0.2, 0) is 15.2 Å². The molecule has 1 aliphatic heterocycles. The third kappa shape index (κ3) is 3.05. The molecule has 1 heterocycles. The van der Waals surface area contributed by atoms with Gasteiger partial charge < -0.3 is 14.8 Å². The van der Waals surface area contributed by atoms with Gasteiger partial charge in [-0.3, -0.25) is 0 Å². The van der Waals surface area contributed by atoms with Crippen molar-refractivity contribution >= 4 is 17.6 Å². The number of ether oxygens (including phenoxy) is 2. The van der Waals surface area contributed by atoms with E-state index in [1.807, 2.05) is 50.2 Å². The number of anilines is 1. The van der Waals surface area contributed by atoms with Crippen molar-refractivity contribution in [1.82, 2.24) is 0 Å². The maximum absolute atomic E-state index is 12.7. The molecule has 5 nitrogen and oxygen atoms in total. The molecule has 1 N–H and O–H groups in total. The van der Waals surface area contributed by atoms with Crippen LogP contribution >= 0.6 is 0 Å². The van der Waals surface area contributed by atoms with Crippen LogP contribution in [0, 0.1) is 13.8 Å². The number of para-hydroxylation sites is 1. The summed E-state index contributed by atoms with van der Waals surface area (Å²) < 4.78 is 10.9. The number of rotatable bonds is 4. The van der Waals surface area contributed by atoms with Crippen molar-refractivity contribution < 1.29 is 19.1 Å². The number of esters is 2. The molecule has 0 spiro atoms. The van der Waals surface area contributed by atoms with Crippen LogP contribution in [0.5, 0.6) is 0 Å². The first-order chi connectivity index (χ1) is 14.0. The normalized spacial score (nSPS) is 17.4. The standard InChI is InChI=1S/C24H21NO4/c1-15-12-13-17(14-16(15)2)24(20-10-6-4-8-18(20)23(27)29-24)25-21-11-7-5-9-19(21)22(26)28-3/h4-14,25H,1-3H3. The maximum Gasteiger partial charge on any atom is 0.341 e. The molecule has 3 aromatic rings. The zero-order valence-electron chi connectivity index (χ0n) is 16.5. The molecule has 1 aliphatic rings. The van der Waals surface area contributed by atoms with Crippen molar-refractivity contribution in [2.75, 3.05) is 12.4 Å². The Kier molecular flexibility index (Phi) is 4.59. The summed E-state index contributed by atoms with van der Waals surface area (Å²) in [6.45, 7) is 4.04. The number of hydrogen-bond acceptors (Lipinski definition) is 5. The summed E-state index contributed by atoms with van der Waals surface area (Å²) >= 11 is 0. The molecule has 1 unspecified atom stereocenters. The van der Waals surface area contributed by atoms with Crippen LogP contribution in [0.25, 0.3) is 0 Å². The van der Waals surface area contributed by atoms with Crippen LogP contribution in [0.15, 0.2) is 66.7 Å². The molecule has 0 aromatic heterocycles. The topological polar surface area (TPSA) is 64.6 Å². The fraction of sp³-hybridized carbons (Fsp3) is 0.167. The highest BCUT2D eigenvalue weighted by molar-refractivity contribution is 5.98. The number of fused-ring (bicyclic) bond motifs is 1. The van der Waals surface area contributed by atoms with E-state index in [9.17, 15) is 9.59 Å².